The van der Waals surface area contributed by atoms with Crippen LogP contribution in [0.5, 0.6) is 0 Å². The third-order valence-corrected chi connectivity index (χ3v) is 4.84. The zero-order chi connectivity index (χ0) is 14.8. The molecule has 0 saturated carbocycles. The molecule has 0 fully saturated rings. The highest BCUT2D eigenvalue weighted by atomic mass is 32.1. The van der Waals surface area contributed by atoms with E-state index in [9.17, 15) is 9.59 Å². The number of benzene rings is 1. The Bertz CT molecular complexity index is 667. The summed E-state index contributed by atoms with van der Waals surface area (Å²) in [5, 5.41) is 5.44. The second-order valence-corrected chi connectivity index (χ2v) is 6.16. The molecule has 0 atom stereocenters. The van der Waals surface area contributed by atoms with Gasteiger partial charge >= 0.3 is 0 Å². The fourth-order valence-corrected chi connectivity index (χ4v) is 3.63. The molecule has 1 aliphatic rings. The second-order valence-electron chi connectivity index (χ2n) is 5.02. The summed E-state index contributed by atoms with van der Waals surface area (Å²) in [5.41, 5.74) is 2.59. The van der Waals surface area contributed by atoms with Crippen LogP contribution in [-0.4, -0.2) is 18.9 Å². The molecule has 1 heterocycles. The fourth-order valence-electron chi connectivity index (χ4n) is 2.48. The van der Waals surface area contributed by atoms with Crippen molar-refractivity contribution in [3.8, 4) is 0 Å². The largest absolute Gasteiger partial charge is 0.355 e. The van der Waals surface area contributed by atoms with Crippen LogP contribution >= 0.6 is 11.3 Å². The van der Waals surface area contributed by atoms with Crippen LogP contribution in [0.3, 0.4) is 0 Å². The molecule has 1 aromatic carbocycles. The summed E-state index contributed by atoms with van der Waals surface area (Å²) >= 11 is 1.58. The van der Waals surface area contributed by atoms with Crippen LogP contribution in [0.15, 0.2) is 30.3 Å². The van der Waals surface area contributed by atoms with Crippen molar-refractivity contribution in [1.29, 1.82) is 0 Å². The molecule has 2 aromatic rings. The first-order chi connectivity index (χ1) is 10.2. The van der Waals surface area contributed by atoms with Gasteiger partial charge in [-0.05, 0) is 55.2 Å². The van der Waals surface area contributed by atoms with Crippen LogP contribution in [0.4, 0.5) is 5.69 Å². The summed E-state index contributed by atoms with van der Waals surface area (Å²) in [5.74, 6) is -0.218. The molecule has 0 radical (unpaired) electrons. The number of hydrogen-bond donors (Lipinski definition) is 2. The first-order valence-corrected chi connectivity index (χ1v) is 7.74. The monoisotopic (exact) mass is 300 g/mol. The summed E-state index contributed by atoms with van der Waals surface area (Å²) in [6.07, 6.45) is 3.37. The predicted octanol–water partition coefficient (Wildman–Crippen LogP) is 2.85. The summed E-state index contributed by atoms with van der Waals surface area (Å²) in [6, 6.07) is 8.88. The summed E-state index contributed by atoms with van der Waals surface area (Å²) in [4.78, 5) is 25.8. The lowest BCUT2D eigenvalue weighted by Gasteiger charge is -2.05. The van der Waals surface area contributed by atoms with Crippen molar-refractivity contribution in [3.63, 3.8) is 0 Å². The second kappa shape index (κ2) is 5.69. The van der Waals surface area contributed by atoms with Gasteiger partial charge in [-0.15, -0.1) is 11.3 Å². The Hall–Kier alpha value is -2.14. The highest BCUT2D eigenvalue weighted by molar-refractivity contribution is 7.14. The van der Waals surface area contributed by atoms with Crippen LogP contribution in [0.25, 0.3) is 0 Å². The third-order valence-electron chi connectivity index (χ3n) is 3.60. The van der Waals surface area contributed by atoms with Crippen LogP contribution < -0.4 is 10.6 Å². The zero-order valence-corrected chi connectivity index (χ0v) is 12.5. The highest BCUT2D eigenvalue weighted by Crippen LogP contribution is 2.30. The minimum atomic E-state index is -0.137. The van der Waals surface area contributed by atoms with Gasteiger partial charge in [0.1, 0.15) is 0 Å². The van der Waals surface area contributed by atoms with Crippen molar-refractivity contribution < 1.29 is 9.59 Å². The summed E-state index contributed by atoms with van der Waals surface area (Å²) in [6.45, 7) is 0. The van der Waals surface area contributed by atoms with E-state index >= 15 is 0 Å². The molecule has 108 valence electrons. The first kappa shape index (κ1) is 13.8. The number of fused-ring (bicyclic) bond motifs is 1. The molecule has 4 nitrogen and oxygen atoms in total. The van der Waals surface area contributed by atoms with E-state index in [0.717, 1.165) is 17.7 Å². The van der Waals surface area contributed by atoms with Crippen LogP contribution in [-0.2, 0) is 12.8 Å². The van der Waals surface area contributed by atoms with Gasteiger partial charge in [0.15, 0.2) is 0 Å². The molecule has 3 rings (SSSR count). The average Bonchev–Trinajstić information content (AvgIpc) is 3.08. The van der Waals surface area contributed by atoms with Crippen LogP contribution in [0.1, 0.15) is 36.9 Å². The number of thiophene rings is 1. The minimum absolute atomic E-state index is 0.0814. The number of carbonyl (C=O) groups is 2. The van der Waals surface area contributed by atoms with Crippen molar-refractivity contribution in [2.45, 2.75) is 19.3 Å². The Morgan fingerprint density at radius 1 is 1.10 bits per heavy atom. The summed E-state index contributed by atoms with van der Waals surface area (Å²) < 4.78 is 0. The quantitative estimate of drug-likeness (QED) is 0.915. The van der Waals surface area contributed by atoms with E-state index in [1.54, 1.807) is 42.6 Å². The predicted molar refractivity (Wildman–Crippen MR) is 84.1 cm³/mol. The minimum Gasteiger partial charge on any atom is -0.355 e. The van der Waals surface area contributed by atoms with E-state index in [-0.39, 0.29) is 11.8 Å². The molecule has 5 heteroatoms. The molecular formula is C16H16N2O2S. The van der Waals surface area contributed by atoms with Crippen molar-refractivity contribution in [1.82, 2.24) is 5.32 Å². The Kier molecular flexibility index (Phi) is 3.75. The van der Waals surface area contributed by atoms with E-state index in [2.05, 4.69) is 10.6 Å². The molecule has 2 N–H and O–H groups in total. The molecule has 0 aliphatic heterocycles. The van der Waals surface area contributed by atoms with Gasteiger partial charge in [0, 0.05) is 23.2 Å². The molecule has 0 bridgehead atoms. The Morgan fingerprint density at radius 3 is 2.52 bits per heavy atom. The van der Waals surface area contributed by atoms with Gasteiger partial charge < -0.3 is 10.6 Å². The summed E-state index contributed by atoms with van der Waals surface area (Å²) in [7, 11) is 1.59. The van der Waals surface area contributed by atoms with E-state index in [1.807, 2.05) is 6.07 Å². The lowest BCUT2D eigenvalue weighted by Crippen LogP contribution is -2.17. The van der Waals surface area contributed by atoms with Crippen molar-refractivity contribution in [2.75, 3.05) is 12.4 Å². The Balaban J connectivity index is 1.70. The van der Waals surface area contributed by atoms with Gasteiger partial charge in [0.2, 0.25) is 0 Å². The Labute approximate surface area is 127 Å². The molecule has 2 amide bonds. The fraction of sp³-hybridized carbons (Fsp3) is 0.250. The number of nitrogens with one attached hydrogen (secondary N) is 2. The van der Waals surface area contributed by atoms with Crippen molar-refractivity contribution >= 4 is 28.8 Å². The molecule has 0 saturated heterocycles. The highest BCUT2D eigenvalue weighted by Gasteiger charge is 2.18. The average molecular weight is 300 g/mol. The van der Waals surface area contributed by atoms with Gasteiger partial charge in [-0.2, -0.15) is 0 Å². The maximum atomic E-state index is 12.2. The van der Waals surface area contributed by atoms with E-state index in [0.29, 0.717) is 11.3 Å². The maximum Gasteiger partial charge on any atom is 0.265 e. The third kappa shape index (κ3) is 2.83. The van der Waals surface area contributed by atoms with Gasteiger partial charge in [-0.1, -0.05) is 0 Å². The molecule has 0 spiro atoms. The zero-order valence-electron chi connectivity index (χ0n) is 11.7. The van der Waals surface area contributed by atoms with Crippen molar-refractivity contribution in [2.24, 2.45) is 0 Å². The van der Waals surface area contributed by atoms with Gasteiger partial charge in [-0.25, -0.2) is 0 Å². The number of carbonyl (C=O) groups excluding carboxylic acids is 2. The number of anilines is 1. The number of hydrogen-bond acceptors (Lipinski definition) is 3. The van der Waals surface area contributed by atoms with Crippen molar-refractivity contribution in [3.05, 3.63) is 51.2 Å². The van der Waals surface area contributed by atoms with Gasteiger partial charge in [0.05, 0.1) is 4.88 Å². The van der Waals surface area contributed by atoms with Crippen LogP contribution in [0.2, 0.25) is 0 Å². The Morgan fingerprint density at radius 2 is 1.86 bits per heavy atom. The number of aryl methyl sites for hydroxylation is 2. The first-order valence-electron chi connectivity index (χ1n) is 6.92. The van der Waals surface area contributed by atoms with E-state index < -0.39 is 0 Å². The molecule has 1 aromatic heterocycles. The standard InChI is InChI=1S/C16H16N2O2S/c1-17-15(19)10-5-7-12(8-6-10)18-16(20)14-9-11-3-2-4-13(11)21-14/h5-9H,2-4H2,1H3,(H,17,19)(H,18,20). The lowest BCUT2D eigenvalue weighted by atomic mass is 10.2. The van der Waals surface area contributed by atoms with Gasteiger partial charge in [-0.3, -0.25) is 9.59 Å². The van der Waals surface area contributed by atoms with Crippen LogP contribution in [0, 0.1) is 0 Å². The lowest BCUT2D eigenvalue weighted by molar-refractivity contribution is 0.0962. The molecule has 0 unspecified atom stereocenters. The molecular weight excluding hydrogens is 284 g/mol. The number of amides is 2. The normalized spacial score (nSPS) is 12.8. The molecule has 1 aliphatic carbocycles. The smallest absolute Gasteiger partial charge is 0.265 e. The van der Waals surface area contributed by atoms with E-state index in [4.69, 9.17) is 0 Å². The maximum absolute atomic E-state index is 12.2. The number of rotatable bonds is 3. The van der Waals surface area contributed by atoms with Gasteiger partial charge in [0.25, 0.3) is 11.8 Å². The van der Waals surface area contributed by atoms with E-state index in [1.165, 1.54) is 16.9 Å². The topological polar surface area (TPSA) is 58.2 Å². The SMILES string of the molecule is CNC(=O)c1ccc(NC(=O)c2cc3c(s2)CCC3)cc1. The molecule has 21 heavy (non-hydrogen) atoms.